The van der Waals surface area contributed by atoms with Crippen LogP contribution in [-0.2, 0) is 19.6 Å². The quantitative estimate of drug-likeness (QED) is 0.785. The number of benzene rings is 1. The zero-order chi connectivity index (χ0) is 20.6. The molecule has 1 aromatic carbocycles. The molecule has 0 radical (unpaired) electrons. The molecule has 29 heavy (non-hydrogen) atoms. The van der Waals surface area contributed by atoms with Crippen LogP contribution in [-0.4, -0.2) is 56.9 Å². The Bertz CT molecular complexity index is 975. The Labute approximate surface area is 175 Å². The molecule has 1 atom stereocenters. The van der Waals surface area contributed by atoms with Crippen LogP contribution in [0.2, 0.25) is 5.02 Å². The number of ether oxygens (including phenoxy) is 1. The maximum absolute atomic E-state index is 12.7. The van der Waals surface area contributed by atoms with Gasteiger partial charge in [0.05, 0.1) is 0 Å². The molecular formula is C20H24ClN3O4S. The van der Waals surface area contributed by atoms with Crippen LogP contribution in [0.25, 0.3) is 4.91 Å². The van der Waals surface area contributed by atoms with Gasteiger partial charge in [-0.3, -0.25) is 4.79 Å². The Kier molecular flexibility index (Phi) is 5.68. The molecule has 3 heterocycles. The number of piperidine rings is 1. The lowest BCUT2D eigenvalue weighted by molar-refractivity contribution is -0.131. The smallest absolute Gasteiger partial charge is 0.285 e. The molecule has 0 aliphatic carbocycles. The van der Waals surface area contributed by atoms with E-state index in [-0.39, 0.29) is 23.0 Å². The predicted octanol–water partition coefficient (Wildman–Crippen LogP) is 2.57. The zero-order valence-corrected chi connectivity index (χ0v) is 17.8. The molecule has 9 heteroatoms. The number of carbonyl (C=O) groups is 1. The third-order valence-corrected chi connectivity index (χ3v) is 7.30. The van der Waals surface area contributed by atoms with Crippen LogP contribution in [0.1, 0.15) is 38.2 Å². The average Bonchev–Trinajstić information content (AvgIpc) is 3.29. The van der Waals surface area contributed by atoms with E-state index in [1.165, 1.54) is 0 Å². The first-order valence-corrected chi connectivity index (χ1v) is 11.7. The van der Waals surface area contributed by atoms with Gasteiger partial charge in [0, 0.05) is 36.3 Å². The third-order valence-electron chi connectivity index (χ3n) is 5.59. The summed E-state index contributed by atoms with van der Waals surface area (Å²) in [6.07, 6.45) is 2.83. The molecule has 0 bridgehead atoms. The van der Waals surface area contributed by atoms with E-state index in [4.69, 9.17) is 16.3 Å². The summed E-state index contributed by atoms with van der Waals surface area (Å²) in [6.45, 7) is 3.69. The second kappa shape index (κ2) is 8.08. The molecule has 3 aliphatic rings. The Morgan fingerprint density at radius 2 is 2.03 bits per heavy atom. The Morgan fingerprint density at radius 1 is 1.28 bits per heavy atom. The predicted molar refractivity (Wildman–Crippen MR) is 112 cm³/mol. The van der Waals surface area contributed by atoms with Crippen molar-refractivity contribution in [1.29, 1.82) is 0 Å². The highest BCUT2D eigenvalue weighted by Gasteiger charge is 2.35. The Hall–Kier alpha value is -1.90. The van der Waals surface area contributed by atoms with E-state index in [1.54, 1.807) is 31.2 Å². The first-order valence-electron chi connectivity index (χ1n) is 9.84. The summed E-state index contributed by atoms with van der Waals surface area (Å²) in [6, 6.07) is 6.88. The molecule has 0 saturated carbocycles. The van der Waals surface area contributed by atoms with E-state index in [0.29, 0.717) is 41.7 Å². The monoisotopic (exact) mass is 437 g/mol. The number of likely N-dealkylation sites (tertiary alicyclic amines) is 1. The molecule has 2 fully saturated rings. The number of hydrogen-bond acceptors (Lipinski definition) is 5. The normalized spacial score (nSPS) is 24.7. The van der Waals surface area contributed by atoms with Crippen molar-refractivity contribution in [1.82, 2.24) is 10.2 Å². The first kappa shape index (κ1) is 20.4. The van der Waals surface area contributed by atoms with Gasteiger partial charge in [0.25, 0.3) is 10.0 Å². The number of hydrogen-bond donors (Lipinski definition) is 1. The Balaban J connectivity index is 1.45. The molecule has 1 aromatic rings. The van der Waals surface area contributed by atoms with E-state index in [2.05, 4.69) is 9.71 Å². The SMILES string of the molecule is CC1=C(c2cccc(Cl)c2)S(=O)(=O)N=C1N1CCC(NC(=O)[C@@H]2CCCO2)CC1. The van der Waals surface area contributed by atoms with Crippen molar-refractivity contribution in [3.63, 3.8) is 0 Å². The third kappa shape index (κ3) is 4.20. The van der Waals surface area contributed by atoms with Crippen LogP contribution in [0.5, 0.6) is 0 Å². The number of rotatable bonds is 3. The van der Waals surface area contributed by atoms with Crippen molar-refractivity contribution in [3.05, 3.63) is 40.4 Å². The number of halogens is 1. The molecule has 1 N–H and O–H groups in total. The van der Waals surface area contributed by atoms with Gasteiger partial charge in [0.1, 0.15) is 16.8 Å². The molecule has 4 rings (SSSR count). The highest BCUT2D eigenvalue weighted by Crippen LogP contribution is 2.35. The summed E-state index contributed by atoms with van der Waals surface area (Å²) in [5.74, 6) is 0.449. The largest absolute Gasteiger partial charge is 0.368 e. The molecule has 2 saturated heterocycles. The molecule has 7 nitrogen and oxygen atoms in total. The minimum atomic E-state index is -3.77. The van der Waals surface area contributed by atoms with E-state index in [0.717, 1.165) is 25.7 Å². The number of carbonyl (C=O) groups excluding carboxylic acids is 1. The number of nitrogens with zero attached hydrogens (tertiary/aromatic N) is 2. The fraction of sp³-hybridized carbons (Fsp3) is 0.500. The lowest BCUT2D eigenvalue weighted by Crippen LogP contribution is -2.48. The van der Waals surface area contributed by atoms with Gasteiger partial charge in [-0.1, -0.05) is 23.7 Å². The van der Waals surface area contributed by atoms with Crippen molar-refractivity contribution in [2.24, 2.45) is 4.40 Å². The second-order valence-electron chi connectivity index (χ2n) is 7.63. The summed E-state index contributed by atoms with van der Waals surface area (Å²) >= 11 is 6.05. The van der Waals surface area contributed by atoms with Crippen molar-refractivity contribution < 1.29 is 17.9 Å². The molecule has 3 aliphatic heterocycles. The van der Waals surface area contributed by atoms with Crippen molar-refractivity contribution in [3.8, 4) is 0 Å². The van der Waals surface area contributed by atoms with Crippen LogP contribution in [0.3, 0.4) is 0 Å². The molecule has 156 valence electrons. The average molecular weight is 438 g/mol. The van der Waals surface area contributed by atoms with Crippen LogP contribution >= 0.6 is 11.6 Å². The topological polar surface area (TPSA) is 88.1 Å². The van der Waals surface area contributed by atoms with Crippen LogP contribution < -0.4 is 5.32 Å². The number of nitrogens with one attached hydrogen (secondary N) is 1. The minimum Gasteiger partial charge on any atom is -0.368 e. The fourth-order valence-corrected chi connectivity index (χ4v) is 5.79. The second-order valence-corrected chi connectivity index (χ2v) is 9.60. The number of sulfonamides is 1. The van der Waals surface area contributed by atoms with Crippen LogP contribution in [0.4, 0.5) is 0 Å². The fourth-order valence-electron chi connectivity index (χ4n) is 4.13. The van der Waals surface area contributed by atoms with E-state index in [9.17, 15) is 13.2 Å². The summed E-state index contributed by atoms with van der Waals surface area (Å²) in [7, 11) is -3.77. The molecule has 0 aromatic heterocycles. The number of amides is 1. The maximum Gasteiger partial charge on any atom is 0.285 e. The van der Waals surface area contributed by atoms with Crippen molar-refractivity contribution in [2.75, 3.05) is 19.7 Å². The first-order chi connectivity index (χ1) is 13.8. The van der Waals surface area contributed by atoms with Gasteiger partial charge >= 0.3 is 0 Å². The van der Waals surface area contributed by atoms with Gasteiger partial charge in [-0.25, -0.2) is 0 Å². The van der Waals surface area contributed by atoms with Gasteiger partial charge in [0.15, 0.2) is 0 Å². The minimum absolute atomic E-state index is 0.0407. The lowest BCUT2D eigenvalue weighted by Gasteiger charge is -2.34. The standard InChI is InChI=1S/C20H24ClN3O4S/c1-13-18(14-4-2-5-15(21)12-14)29(26,27)23-19(13)24-9-7-16(8-10-24)22-20(25)17-6-3-11-28-17/h2,4-5,12,16-17H,3,6-11H2,1H3,(H,22,25)/t17-/m0/s1. The maximum atomic E-state index is 12.7. The van der Waals surface area contributed by atoms with E-state index in [1.807, 2.05) is 4.90 Å². The highest BCUT2D eigenvalue weighted by molar-refractivity contribution is 8.00. The summed E-state index contributed by atoms with van der Waals surface area (Å²) in [5.41, 5.74) is 1.18. The lowest BCUT2D eigenvalue weighted by atomic mass is 10.0. The van der Waals surface area contributed by atoms with Gasteiger partial charge in [-0.2, -0.15) is 8.42 Å². The van der Waals surface area contributed by atoms with Gasteiger partial charge in [0.2, 0.25) is 5.91 Å². The Morgan fingerprint density at radius 3 is 2.69 bits per heavy atom. The zero-order valence-electron chi connectivity index (χ0n) is 16.2. The van der Waals surface area contributed by atoms with Crippen LogP contribution in [0, 0.1) is 0 Å². The summed E-state index contributed by atoms with van der Waals surface area (Å²) in [4.78, 5) is 14.4. The molecule has 0 unspecified atom stereocenters. The van der Waals surface area contributed by atoms with Gasteiger partial charge < -0.3 is 15.0 Å². The van der Waals surface area contributed by atoms with E-state index < -0.39 is 10.0 Å². The number of amidine groups is 1. The summed E-state index contributed by atoms with van der Waals surface area (Å²) in [5, 5.41) is 3.55. The van der Waals surface area contributed by atoms with Crippen molar-refractivity contribution >= 4 is 38.3 Å². The molecule has 1 amide bonds. The van der Waals surface area contributed by atoms with Gasteiger partial charge in [-0.15, -0.1) is 4.40 Å². The van der Waals surface area contributed by atoms with Crippen molar-refractivity contribution in [2.45, 2.75) is 44.8 Å². The molecular weight excluding hydrogens is 414 g/mol. The molecule has 0 spiro atoms. The van der Waals surface area contributed by atoms with E-state index >= 15 is 0 Å². The van der Waals surface area contributed by atoms with Crippen LogP contribution in [0.15, 0.2) is 34.2 Å². The summed E-state index contributed by atoms with van der Waals surface area (Å²) < 4.78 is 34.9. The van der Waals surface area contributed by atoms with Gasteiger partial charge in [-0.05, 0) is 50.3 Å². The highest BCUT2D eigenvalue weighted by atomic mass is 35.5.